The van der Waals surface area contributed by atoms with Gasteiger partial charge in [-0.05, 0) is 18.8 Å². The predicted molar refractivity (Wildman–Crippen MR) is 67.1 cm³/mol. The highest BCUT2D eigenvalue weighted by atomic mass is 19.4. The maximum atomic E-state index is 12.2. The Kier molecular flexibility index (Phi) is 4.84. The second-order valence-corrected chi connectivity index (χ2v) is 5.30. The van der Waals surface area contributed by atoms with Crippen LogP contribution in [0.15, 0.2) is 4.52 Å². The SMILES string of the molecule is CCCCC1CC1C(=O)NCCc1noc(C(F)(F)F)n1. The number of hydrogen-bond acceptors (Lipinski definition) is 4. The van der Waals surface area contributed by atoms with E-state index in [4.69, 9.17) is 0 Å². The summed E-state index contributed by atoms with van der Waals surface area (Å²) in [6.45, 7) is 2.32. The molecule has 0 radical (unpaired) electrons. The molecule has 2 unspecified atom stereocenters. The second kappa shape index (κ2) is 6.44. The van der Waals surface area contributed by atoms with Gasteiger partial charge >= 0.3 is 12.1 Å². The first-order chi connectivity index (χ1) is 9.91. The predicted octanol–water partition coefficient (Wildman–Crippen LogP) is 2.57. The summed E-state index contributed by atoms with van der Waals surface area (Å²) in [5.41, 5.74) is 0. The van der Waals surface area contributed by atoms with Gasteiger partial charge < -0.3 is 9.84 Å². The summed E-state index contributed by atoms with van der Waals surface area (Å²) in [6, 6.07) is 0. The summed E-state index contributed by atoms with van der Waals surface area (Å²) in [7, 11) is 0. The van der Waals surface area contributed by atoms with Crippen molar-refractivity contribution in [3.05, 3.63) is 11.7 Å². The zero-order valence-electron chi connectivity index (χ0n) is 11.7. The van der Waals surface area contributed by atoms with Gasteiger partial charge in [-0.1, -0.05) is 24.9 Å². The molecule has 0 saturated heterocycles. The Hall–Kier alpha value is -1.60. The average Bonchev–Trinajstić information content (AvgIpc) is 3.03. The maximum absolute atomic E-state index is 12.2. The zero-order valence-corrected chi connectivity index (χ0v) is 11.7. The molecule has 1 aliphatic carbocycles. The van der Waals surface area contributed by atoms with E-state index in [1.165, 1.54) is 0 Å². The van der Waals surface area contributed by atoms with Crippen LogP contribution in [-0.4, -0.2) is 22.6 Å². The van der Waals surface area contributed by atoms with Crippen LogP contribution in [-0.2, 0) is 17.4 Å². The van der Waals surface area contributed by atoms with Crippen LogP contribution in [0.4, 0.5) is 13.2 Å². The molecule has 0 aliphatic heterocycles. The van der Waals surface area contributed by atoms with Crippen LogP contribution in [0.1, 0.15) is 44.3 Å². The Balaban J connectivity index is 1.68. The summed E-state index contributed by atoms with van der Waals surface area (Å²) < 4.78 is 40.8. The number of amides is 1. The summed E-state index contributed by atoms with van der Waals surface area (Å²) in [4.78, 5) is 15.0. The molecular weight excluding hydrogens is 287 g/mol. The van der Waals surface area contributed by atoms with Gasteiger partial charge in [-0.15, -0.1) is 0 Å². The van der Waals surface area contributed by atoms with Gasteiger partial charge in [-0.25, -0.2) is 0 Å². The molecule has 0 bridgehead atoms. The maximum Gasteiger partial charge on any atom is 0.471 e. The van der Waals surface area contributed by atoms with Gasteiger partial charge in [0.1, 0.15) is 0 Å². The van der Waals surface area contributed by atoms with E-state index in [0.717, 1.165) is 25.7 Å². The monoisotopic (exact) mass is 305 g/mol. The molecule has 1 aliphatic rings. The molecule has 1 fully saturated rings. The second-order valence-electron chi connectivity index (χ2n) is 5.30. The zero-order chi connectivity index (χ0) is 15.5. The number of unbranched alkanes of at least 4 members (excludes halogenated alkanes) is 1. The van der Waals surface area contributed by atoms with Crippen LogP contribution in [0.25, 0.3) is 0 Å². The van der Waals surface area contributed by atoms with E-state index in [0.29, 0.717) is 5.92 Å². The summed E-state index contributed by atoms with van der Waals surface area (Å²) in [5, 5.41) is 5.94. The Labute approximate surface area is 120 Å². The lowest BCUT2D eigenvalue weighted by Gasteiger charge is -2.02. The highest BCUT2D eigenvalue weighted by Crippen LogP contribution is 2.42. The van der Waals surface area contributed by atoms with Crippen LogP contribution >= 0.6 is 0 Å². The molecule has 8 heteroatoms. The molecule has 21 heavy (non-hydrogen) atoms. The molecule has 1 aromatic heterocycles. The Morgan fingerprint density at radius 3 is 2.86 bits per heavy atom. The fourth-order valence-corrected chi connectivity index (χ4v) is 2.25. The van der Waals surface area contributed by atoms with Crippen molar-refractivity contribution < 1.29 is 22.5 Å². The van der Waals surface area contributed by atoms with Crippen molar-refractivity contribution in [3.8, 4) is 0 Å². The number of halogens is 3. The third-order valence-electron chi connectivity index (χ3n) is 3.55. The van der Waals surface area contributed by atoms with Crippen molar-refractivity contribution in [3.63, 3.8) is 0 Å². The fraction of sp³-hybridized carbons (Fsp3) is 0.769. The average molecular weight is 305 g/mol. The van der Waals surface area contributed by atoms with Crippen LogP contribution < -0.4 is 5.32 Å². The molecule has 2 atom stereocenters. The first-order valence-electron chi connectivity index (χ1n) is 7.09. The van der Waals surface area contributed by atoms with E-state index in [1.807, 2.05) is 0 Å². The van der Waals surface area contributed by atoms with Crippen molar-refractivity contribution in [2.45, 2.75) is 45.2 Å². The van der Waals surface area contributed by atoms with E-state index in [2.05, 4.69) is 26.9 Å². The van der Waals surface area contributed by atoms with E-state index in [-0.39, 0.29) is 30.6 Å². The van der Waals surface area contributed by atoms with Crippen LogP contribution in [0.3, 0.4) is 0 Å². The topological polar surface area (TPSA) is 68.0 Å². The Morgan fingerprint density at radius 1 is 1.48 bits per heavy atom. The molecule has 1 saturated carbocycles. The van der Waals surface area contributed by atoms with Gasteiger partial charge in [0.05, 0.1) is 0 Å². The van der Waals surface area contributed by atoms with Crippen molar-refractivity contribution in [1.82, 2.24) is 15.5 Å². The van der Waals surface area contributed by atoms with Crippen molar-refractivity contribution in [1.29, 1.82) is 0 Å². The lowest BCUT2D eigenvalue weighted by Crippen LogP contribution is -2.28. The number of nitrogens with one attached hydrogen (secondary N) is 1. The molecule has 1 heterocycles. The smallest absolute Gasteiger partial charge is 0.355 e. The number of alkyl halides is 3. The van der Waals surface area contributed by atoms with Gasteiger partial charge in [0.25, 0.3) is 0 Å². The molecule has 1 aromatic rings. The molecule has 1 N–H and O–H groups in total. The third kappa shape index (κ3) is 4.44. The van der Waals surface area contributed by atoms with Gasteiger partial charge in [-0.3, -0.25) is 4.79 Å². The first kappa shape index (κ1) is 15.8. The molecule has 5 nitrogen and oxygen atoms in total. The van der Waals surface area contributed by atoms with Crippen LogP contribution in [0.5, 0.6) is 0 Å². The molecule has 2 rings (SSSR count). The largest absolute Gasteiger partial charge is 0.471 e. The quantitative estimate of drug-likeness (QED) is 0.840. The minimum absolute atomic E-state index is 0.0318. The van der Waals surface area contributed by atoms with E-state index < -0.39 is 12.1 Å². The Bertz CT molecular complexity index is 487. The molecule has 118 valence electrons. The van der Waals surface area contributed by atoms with Gasteiger partial charge in [0, 0.05) is 18.9 Å². The van der Waals surface area contributed by atoms with Crippen molar-refractivity contribution >= 4 is 5.91 Å². The number of aromatic nitrogens is 2. The van der Waals surface area contributed by atoms with Crippen LogP contribution in [0.2, 0.25) is 0 Å². The summed E-state index contributed by atoms with van der Waals surface area (Å²) in [5.74, 6) is -0.915. The highest BCUT2D eigenvalue weighted by molar-refractivity contribution is 5.81. The number of nitrogens with zero attached hydrogens (tertiary/aromatic N) is 2. The van der Waals surface area contributed by atoms with Gasteiger partial charge in [0.15, 0.2) is 5.82 Å². The molecule has 0 aromatic carbocycles. The minimum Gasteiger partial charge on any atom is -0.355 e. The third-order valence-corrected chi connectivity index (χ3v) is 3.55. The summed E-state index contributed by atoms with van der Waals surface area (Å²) >= 11 is 0. The minimum atomic E-state index is -4.63. The standard InChI is InChI=1S/C13H18F3N3O2/c1-2-3-4-8-7-9(8)11(20)17-6-5-10-18-12(21-19-10)13(14,15)16/h8-9H,2-7H2,1H3,(H,17,20). The summed E-state index contributed by atoms with van der Waals surface area (Å²) in [6.07, 6.45) is -0.297. The number of hydrogen-bond donors (Lipinski definition) is 1. The van der Waals surface area contributed by atoms with E-state index in [9.17, 15) is 18.0 Å². The first-order valence-corrected chi connectivity index (χ1v) is 7.09. The highest BCUT2D eigenvalue weighted by Gasteiger charge is 2.42. The number of carbonyl (C=O) groups is 1. The molecule has 1 amide bonds. The van der Waals surface area contributed by atoms with Crippen molar-refractivity contribution in [2.24, 2.45) is 11.8 Å². The Morgan fingerprint density at radius 2 is 2.24 bits per heavy atom. The molecular formula is C13H18F3N3O2. The lowest BCUT2D eigenvalue weighted by atomic mass is 10.1. The van der Waals surface area contributed by atoms with Gasteiger partial charge in [0.2, 0.25) is 5.91 Å². The number of rotatable bonds is 7. The van der Waals surface area contributed by atoms with Crippen molar-refractivity contribution in [2.75, 3.05) is 6.54 Å². The number of carbonyl (C=O) groups excluding carboxylic acids is 1. The lowest BCUT2D eigenvalue weighted by molar-refractivity contribution is -0.159. The fourth-order valence-electron chi connectivity index (χ4n) is 2.25. The molecule has 0 spiro atoms. The van der Waals surface area contributed by atoms with E-state index in [1.54, 1.807) is 0 Å². The van der Waals surface area contributed by atoms with Gasteiger partial charge in [-0.2, -0.15) is 18.2 Å². The van der Waals surface area contributed by atoms with E-state index >= 15 is 0 Å². The normalized spacial score (nSPS) is 21.3. The van der Waals surface area contributed by atoms with Crippen LogP contribution in [0, 0.1) is 11.8 Å².